The van der Waals surface area contributed by atoms with Gasteiger partial charge in [-0.2, -0.15) is 0 Å². The van der Waals surface area contributed by atoms with Crippen molar-refractivity contribution < 1.29 is 42.1 Å². The normalized spacial score (nSPS) is 11.8. The molecule has 0 spiro atoms. The van der Waals surface area contributed by atoms with E-state index in [1.165, 1.54) is 52.9 Å². The quantitative estimate of drug-likeness (QED) is 0.431. The van der Waals surface area contributed by atoms with Crippen LogP contribution in [0.25, 0.3) is 11.0 Å². The van der Waals surface area contributed by atoms with E-state index >= 15 is 0 Å². The molecule has 0 bridgehead atoms. The third kappa shape index (κ3) is 3.74. The molecular formula is C19H19O9P. The molecule has 0 amide bonds. The van der Waals surface area contributed by atoms with Gasteiger partial charge in [-0.1, -0.05) is 0 Å². The Morgan fingerprint density at radius 2 is 1.55 bits per heavy atom. The molecule has 3 rings (SSSR count). The van der Waals surface area contributed by atoms with E-state index in [1.807, 2.05) is 0 Å². The number of fused-ring (bicyclic) bond motifs is 1. The first-order valence-electron chi connectivity index (χ1n) is 8.28. The van der Waals surface area contributed by atoms with Crippen molar-refractivity contribution in [3.63, 3.8) is 0 Å². The van der Waals surface area contributed by atoms with Gasteiger partial charge in [0.25, 0.3) is 0 Å². The minimum atomic E-state index is -3.32. The number of carbonyl (C=O) groups excluding carboxylic acids is 1. The number of hydrogen-bond acceptors (Lipinski definition) is 8. The molecule has 10 heteroatoms. The predicted octanol–water partition coefficient (Wildman–Crippen LogP) is 3.46. The summed E-state index contributed by atoms with van der Waals surface area (Å²) in [6, 6.07) is 6.17. The van der Waals surface area contributed by atoms with Crippen LogP contribution in [0.4, 0.5) is 0 Å². The van der Waals surface area contributed by atoms with Crippen LogP contribution in [0.5, 0.6) is 28.7 Å². The lowest BCUT2D eigenvalue weighted by molar-refractivity contribution is 0.103. The molecule has 1 atom stereocenters. The number of carbonyl (C=O) groups is 1. The van der Waals surface area contributed by atoms with E-state index in [0.717, 1.165) is 0 Å². The Kier molecular flexibility index (Phi) is 6.00. The first-order chi connectivity index (χ1) is 13.9. The summed E-state index contributed by atoms with van der Waals surface area (Å²) in [6.45, 7) is 0. The van der Waals surface area contributed by atoms with Crippen molar-refractivity contribution in [2.75, 3.05) is 28.4 Å². The first kappa shape index (κ1) is 20.6. The second kappa shape index (κ2) is 8.46. The largest absolute Gasteiger partial charge is 0.493 e. The topological polar surface area (TPSA) is 114 Å². The van der Waals surface area contributed by atoms with E-state index in [1.54, 1.807) is 6.07 Å². The van der Waals surface area contributed by atoms with Crippen molar-refractivity contribution >= 4 is 25.0 Å². The Balaban J connectivity index is 2.14. The van der Waals surface area contributed by atoms with Gasteiger partial charge in [-0.3, -0.25) is 4.79 Å². The molecule has 1 unspecified atom stereocenters. The molecule has 2 aromatic carbocycles. The van der Waals surface area contributed by atoms with E-state index in [9.17, 15) is 9.36 Å². The zero-order valence-corrected chi connectivity index (χ0v) is 17.1. The Labute approximate surface area is 166 Å². The highest BCUT2D eigenvalue weighted by Gasteiger charge is 2.24. The SMILES string of the molecule is COc1cc(C(=O)c2coc3c(O[PH](=O)O)c(OC)ccc23)cc(OC)c1OC. The molecule has 0 saturated heterocycles. The first-order valence-corrected chi connectivity index (χ1v) is 9.55. The summed E-state index contributed by atoms with van der Waals surface area (Å²) in [5.41, 5.74) is 0.614. The van der Waals surface area contributed by atoms with Gasteiger partial charge < -0.3 is 32.8 Å². The van der Waals surface area contributed by atoms with E-state index in [0.29, 0.717) is 22.6 Å². The minimum absolute atomic E-state index is 0.0552. The number of ketones is 1. The summed E-state index contributed by atoms with van der Waals surface area (Å²) < 4.78 is 42.6. The van der Waals surface area contributed by atoms with Gasteiger partial charge in [0.15, 0.2) is 28.6 Å². The van der Waals surface area contributed by atoms with Gasteiger partial charge in [-0.05, 0) is 24.3 Å². The molecule has 1 aromatic heterocycles. The Morgan fingerprint density at radius 1 is 0.931 bits per heavy atom. The molecule has 29 heavy (non-hydrogen) atoms. The zero-order chi connectivity index (χ0) is 21.1. The van der Waals surface area contributed by atoms with E-state index in [-0.39, 0.29) is 34.0 Å². The van der Waals surface area contributed by atoms with Crippen molar-refractivity contribution in [2.24, 2.45) is 0 Å². The summed E-state index contributed by atoms with van der Waals surface area (Å²) in [7, 11) is 2.43. The lowest BCUT2D eigenvalue weighted by atomic mass is 10.0. The summed E-state index contributed by atoms with van der Waals surface area (Å²) in [6.07, 6.45) is 1.25. The highest BCUT2D eigenvalue weighted by Crippen LogP contribution is 2.43. The average molecular weight is 422 g/mol. The van der Waals surface area contributed by atoms with Gasteiger partial charge in [0.05, 0.1) is 34.0 Å². The van der Waals surface area contributed by atoms with Crippen LogP contribution in [0.3, 0.4) is 0 Å². The molecule has 1 N–H and O–H groups in total. The lowest BCUT2D eigenvalue weighted by Crippen LogP contribution is -2.03. The molecule has 0 fully saturated rings. The summed E-state index contributed by atoms with van der Waals surface area (Å²) in [5, 5.41) is 0.391. The minimum Gasteiger partial charge on any atom is -0.493 e. The summed E-state index contributed by atoms with van der Waals surface area (Å²) in [5.74, 6) is 0.777. The van der Waals surface area contributed by atoms with Crippen LogP contribution in [0.15, 0.2) is 34.9 Å². The summed E-state index contributed by atoms with van der Waals surface area (Å²) >= 11 is 0. The fourth-order valence-corrected chi connectivity index (χ4v) is 3.31. The standard InChI is InChI=1S/C19H19O9P/c1-23-13-6-5-11-12(9-27-17(11)19(13)28-29(21)22)16(20)10-7-14(24-2)18(26-4)15(8-10)25-3/h5-9,29H,1-4H3,(H,21,22). The van der Waals surface area contributed by atoms with Gasteiger partial charge in [-0.15, -0.1) is 0 Å². The van der Waals surface area contributed by atoms with Crippen molar-refractivity contribution in [1.29, 1.82) is 0 Å². The average Bonchev–Trinajstić information content (AvgIpc) is 3.16. The van der Waals surface area contributed by atoms with Crippen molar-refractivity contribution in [3.8, 4) is 28.7 Å². The van der Waals surface area contributed by atoms with Crippen LogP contribution >= 0.6 is 8.25 Å². The number of benzene rings is 2. The fraction of sp³-hybridized carbons (Fsp3) is 0.211. The van der Waals surface area contributed by atoms with Crippen LogP contribution in [0.2, 0.25) is 0 Å². The number of furan rings is 1. The second-order valence-electron chi connectivity index (χ2n) is 5.73. The molecule has 0 aliphatic heterocycles. The third-order valence-corrected chi connectivity index (χ3v) is 4.62. The van der Waals surface area contributed by atoms with Crippen molar-refractivity contribution in [1.82, 2.24) is 0 Å². The maximum Gasteiger partial charge on any atom is 0.365 e. The Hall–Kier alpha value is -3.16. The second-order valence-corrected chi connectivity index (χ2v) is 6.47. The van der Waals surface area contributed by atoms with Gasteiger partial charge in [0.1, 0.15) is 6.26 Å². The van der Waals surface area contributed by atoms with Gasteiger partial charge in [-0.25, -0.2) is 4.57 Å². The zero-order valence-electron chi connectivity index (χ0n) is 16.1. The molecular weight excluding hydrogens is 403 g/mol. The van der Waals surface area contributed by atoms with Gasteiger partial charge in [0, 0.05) is 10.9 Å². The lowest BCUT2D eigenvalue weighted by Gasteiger charge is -2.13. The van der Waals surface area contributed by atoms with E-state index in [2.05, 4.69) is 0 Å². The Morgan fingerprint density at radius 3 is 2.07 bits per heavy atom. The van der Waals surface area contributed by atoms with Gasteiger partial charge >= 0.3 is 8.25 Å². The van der Waals surface area contributed by atoms with Crippen LogP contribution in [0.1, 0.15) is 15.9 Å². The molecule has 0 aliphatic carbocycles. The Bertz CT molecular complexity index is 1060. The predicted molar refractivity (Wildman–Crippen MR) is 104 cm³/mol. The number of hydrogen-bond donors (Lipinski definition) is 1. The van der Waals surface area contributed by atoms with E-state index in [4.69, 9.17) is 32.8 Å². The molecule has 154 valence electrons. The van der Waals surface area contributed by atoms with Crippen LogP contribution < -0.4 is 23.5 Å². The number of ether oxygens (including phenoxy) is 4. The summed E-state index contributed by atoms with van der Waals surface area (Å²) in [4.78, 5) is 22.3. The maximum atomic E-state index is 13.2. The number of methoxy groups -OCH3 is 4. The molecule has 0 saturated carbocycles. The smallest absolute Gasteiger partial charge is 0.365 e. The van der Waals surface area contributed by atoms with Gasteiger partial charge in [0.2, 0.25) is 11.5 Å². The number of rotatable bonds is 8. The highest BCUT2D eigenvalue weighted by atomic mass is 31.1. The molecule has 0 aliphatic rings. The van der Waals surface area contributed by atoms with E-state index < -0.39 is 8.25 Å². The van der Waals surface area contributed by atoms with Crippen molar-refractivity contribution in [3.05, 3.63) is 41.7 Å². The molecule has 0 radical (unpaired) electrons. The third-order valence-electron chi connectivity index (χ3n) is 4.24. The van der Waals surface area contributed by atoms with Crippen LogP contribution in [0, 0.1) is 0 Å². The highest BCUT2D eigenvalue weighted by molar-refractivity contribution is 7.32. The molecule has 3 aromatic rings. The van der Waals surface area contributed by atoms with Crippen molar-refractivity contribution in [2.45, 2.75) is 0 Å². The fourth-order valence-electron chi connectivity index (χ4n) is 2.94. The molecule has 1 heterocycles. The maximum absolute atomic E-state index is 13.2. The van der Waals surface area contributed by atoms with Crippen LogP contribution in [-0.4, -0.2) is 39.1 Å². The monoisotopic (exact) mass is 422 g/mol. The molecule has 9 nitrogen and oxygen atoms in total. The van der Waals surface area contributed by atoms with Crippen LogP contribution in [-0.2, 0) is 4.57 Å².